The molecule has 0 aliphatic carbocycles. The van der Waals surface area contributed by atoms with Crippen molar-refractivity contribution in [3.05, 3.63) is 24.0 Å². The Balaban J connectivity index is 2.69. The Labute approximate surface area is 72.3 Å². The minimum atomic E-state index is -0.237. The molecule has 0 aliphatic heterocycles. The van der Waals surface area contributed by atoms with Crippen molar-refractivity contribution in [3.8, 4) is 5.75 Å². The number of aryl methyl sites for hydroxylation is 1. The van der Waals surface area contributed by atoms with Crippen LogP contribution in [-0.2, 0) is 4.74 Å². The first-order valence-electron chi connectivity index (χ1n) is 3.76. The summed E-state index contributed by atoms with van der Waals surface area (Å²) in [4.78, 5) is 3.83. The fourth-order valence-corrected chi connectivity index (χ4v) is 0.774. The van der Waals surface area contributed by atoms with Crippen molar-refractivity contribution in [3.63, 3.8) is 0 Å². The lowest BCUT2D eigenvalue weighted by Crippen LogP contribution is -2.14. The van der Waals surface area contributed by atoms with E-state index in [9.17, 15) is 0 Å². The lowest BCUT2D eigenvalue weighted by atomic mass is 10.3. The van der Waals surface area contributed by atoms with Gasteiger partial charge in [-0.3, -0.25) is 4.98 Å². The van der Waals surface area contributed by atoms with Crippen molar-refractivity contribution in [2.24, 2.45) is 0 Å². The summed E-state index contributed by atoms with van der Waals surface area (Å²) >= 11 is 0. The van der Waals surface area contributed by atoms with Gasteiger partial charge in [0.25, 0.3) is 0 Å². The molecule has 1 unspecified atom stereocenters. The lowest BCUT2D eigenvalue weighted by molar-refractivity contribution is -0.0387. The summed E-state index contributed by atoms with van der Waals surface area (Å²) in [6, 6.07) is 1.79. The molecular formula is C9H12NO2. The second-order valence-electron chi connectivity index (χ2n) is 2.47. The molecule has 0 N–H and O–H groups in total. The van der Waals surface area contributed by atoms with Crippen LogP contribution in [0.5, 0.6) is 5.75 Å². The molecule has 0 saturated heterocycles. The highest BCUT2D eigenvalue weighted by molar-refractivity contribution is 5.27. The Hall–Kier alpha value is -1.09. The van der Waals surface area contributed by atoms with Gasteiger partial charge < -0.3 is 9.47 Å². The van der Waals surface area contributed by atoms with E-state index >= 15 is 0 Å². The number of hydrogen-bond donors (Lipinski definition) is 0. The van der Waals surface area contributed by atoms with Gasteiger partial charge >= 0.3 is 0 Å². The number of pyridine rings is 1. The van der Waals surface area contributed by atoms with Crippen molar-refractivity contribution >= 4 is 0 Å². The van der Waals surface area contributed by atoms with Gasteiger partial charge in [-0.25, -0.2) is 0 Å². The molecule has 0 spiro atoms. The van der Waals surface area contributed by atoms with Gasteiger partial charge in [0.15, 0.2) is 6.29 Å². The fourth-order valence-electron chi connectivity index (χ4n) is 0.774. The lowest BCUT2D eigenvalue weighted by Gasteiger charge is -2.13. The van der Waals surface area contributed by atoms with Crippen LogP contribution in [0.4, 0.5) is 0 Å². The van der Waals surface area contributed by atoms with Crippen LogP contribution in [-0.4, -0.2) is 18.4 Å². The zero-order valence-corrected chi connectivity index (χ0v) is 7.50. The summed E-state index contributed by atoms with van der Waals surface area (Å²) in [5.74, 6) is 0.763. The smallest absolute Gasteiger partial charge is 0.196 e. The van der Waals surface area contributed by atoms with Crippen LogP contribution in [0.15, 0.2) is 12.3 Å². The molecule has 0 saturated carbocycles. The maximum Gasteiger partial charge on any atom is 0.196 e. The van der Waals surface area contributed by atoms with E-state index in [2.05, 4.69) is 11.2 Å². The third-order valence-corrected chi connectivity index (χ3v) is 1.53. The minimum Gasteiger partial charge on any atom is -0.465 e. The van der Waals surface area contributed by atoms with Crippen LogP contribution in [0.25, 0.3) is 0 Å². The van der Waals surface area contributed by atoms with Crippen LogP contribution in [0.3, 0.4) is 0 Å². The average molecular weight is 166 g/mol. The summed E-state index contributed by atoms with van der Waals surface area (Å²) in [5, 5.41) is 0. The van der Waals surface area contributed by atoms with Crippen LogP contribution in [0.2, 0.25) is 0 Å². The van der Waals surface area contributed by atoms with Crippen molar-refractivity contribution < 1.29 is 9.47 Å². The molecule has 0 aromatic carbocycles. The molecule has 1 rings (SSSR count). The topological polar surface area (TPSA) is 31.4 Å². The number of rotatable bonds is 3. The Morgan fingerprint density at radius 1 is 1.58 bits per heavy atom. The maximum atomic E-state index is 5.40. The Morgan fingerprint density at radius 2 is 2.33 bits per heavy atom. The molecule has 0 amide bonds. The van der Waals surface area contributed by atoms with Gasteiger partial charge in [0.1, 0.15) is 5.75 Å². The third-order valence-electron chi connectivity index (χ3n) is 1.53. The van der Waals surface area contributed by atoms with Crippen molar-refractivity contribution in [1.29, 1.82) is 0 Å². The van der Waals surface area contributed by atoms with Crippen LogP contribution in [0, 0.1) is 13.1 Å². The van der Waals surface area contributed by atoms with Gasteiger partial charge in [-0.15, -0.1) is 0 Å². The van der Waals surface area contributed by atoms with Crippen molar-refractivity contribution in [2.45, 2.75) is 20.1 Å². The monoisotopic (exact) mass is 166 g/mol. The van der Waals surface area contributed by atoms with E-state index < -0.39 is 0 Å². The summed E-state index contributed by atoms with van der Waals surface area (Å²) < 4.78 is 10.4. The first kappa shape index (κ1) is 9.00. The van der Waals surface area contributed by atoms with Crippen LogP contribution < -0.4 is 4.74 Å². The summed E-state index contributed by atoms with van der Waals surface area (Å²) in [5.41, 5.74) is 0.890. The normalized spacial score (nSPS) is 12.6. The molecule has 1 radical (unpaired) electrons. The zero-order chi connectivity index (χ0) is 8.97. The third kappa shape index (κ3) is 2.20. The van der Waals surface area contributed by atoms with Gasteiger partial charge in [-0.2, -0.15) is 0 Å². The van der Waals surface area contributed by atoms with E-state index in [1.54, 1.807) is 19.4 Å². The zero-order valence-electron chi connectivity index (χ0n) is 7.50. The largest absolute Gasteiger partial charge is 0.465 e. The standard InChI is InChI=1S/C9H12NO2/c1-7-6-10-5-4-9(7)12-8(2)11-3/h4-5,8H,1-3H3. The van der Waals surface area contributed by atoms with E-state index in [4.69, 9.17) is 9.47 Å². The molecule has 0 bridgehead atoms. The van der Waals surface area contributed by atoms with E-state index in [0.717, 1.165) is 11.3 Å². The average Bonchev–Trinajstić information content (AvgIpc) is 2.09. The first-order chi connectivity index (χ1) is 5.74. The second-order valence-corrected chi connectivity index (χ2v) is 2.47. The maximum absolute atomic E-state index is 5.40. The van der Waals surface area contributed by atoms with E-state index in [0.29, 0.717) is 0 Å². The van der Waals surface area contributed by atoms with Crippen LogP contribution >= 0.6 is 0 Å². The predicted molar refractivity (Wildman–Crippen MR) is 44.9 cm³/mol. The number of nitrogens with zero attached hydrogens (tertiary/aromatic N) is 1. The van der Waals surface area contributed by atoms with Gasteiger partial charge in [0.05, 0.1) is 6.20 Å². The number of hydrogen-bond acceptors (Lipinski definition) is 3. The molecule has 0 aliphatic rings. The quantitative estimate of drug-likeness (QED) is 0.638. The van der Waals surface area contributed by atoms with Gasteiger partial charge in [0, 0.05) is 18.9 Å². The molecule has 12 heavy (non-hydrogen) atoms. The van der Waals surface area contributed by atoms with E-state index in [1.807, 2.05) is 13.8 Å². The van der Waals surface area contributed by atoms with E-state index in [-0.39, 0.29) is 6.29 Å². The summed E-state index contributed by atoms with van der Waals surface area (Å²) in [6.07, 6.45) is 4.21. The van der Waals surface area contributed by atoms with Crippen molar-refractivity contribution in [1.82, 2.24) is 4.98 Å². The van der Waals surface area contributed by atoms with Crippen molar-refractivity contribution in [2.75, 3.05) is 7.11 Å². The van der Waals surface area contributed by atoms with Gasteiger partial charge in [-0.1, -0.05) is 0 Å². The predicted octanol–water partition coefficient (Wildman–Crippen LogP) is 1.56. The molecule has 1 heterocycles. The highest BCUT2D eigenvalue weighted by Gasteiger charge is 2.03. The molecule has 1 aromatic rings. The Kier molecular flexibility index (Phi) is 3.05. The molecule has 3 heteroatoms. The van der Waals surface area contributed by atoms with Crippen LogP contribution in [0.1, 0.15) is 12.5 Å². The summed E-state index contributed by atoms with van der Waals surface area (Å²) in [6.45, 7) is 3.73. The highest BCUT2D eigenvalue weighted by Crippen LogP contribution is 2.15. The summed E-state index contributed by atoms with van der Waals surface area (Å²) in [7, 11) is 1.60. The second kappa shape index (κ2) is 4.07. The minimum absolute atomic E-state index is 0.237. The Morgan fingerprint density at radius 3 is 2.92 bits per heavy atom. The molecule has 3 nitrogen and oxygen atoms in total. The van der Waals surface area contributed by atoms with Gasteiger partial charge in [0.2, 0.25) is 0 Å². The van der Waals surface area contributed by atoms with Gasteiger partial charge in [-0.05, 0) is 19.9 Å². The highest BCUT2D eigenvalue weighted by atomic mass is 16.7. The fraction of sp³-hybridized carbons (Fsp3) is 0.444. The molecule has 65 valence electrons. The Bertz CT molecular complexity index is 250. The molecule has 0 fully saturated rings. The number of methoxy groups -OCH3 is 1. The first-order valence-corrected chi connectivity index (χ1v) is 3.76. The SMILES string of the molecule is COC(C)Oc1ccn[c]c1C. The number of ether oxygens (including phenoxy) is 2. The molecular weight excluding hydrogens is 154 g/mol. The molecule has 1 aromatic heterocycles. The molecule has 1 atom stereocenters. The van der Waals surface area contributed by atoms with E-state index in [1.165, 1.54) is 0 Å². The number of aromatic nitrogens is 1.